The Hall–Kier alpha value is -2.36. The largest absolute Gasteiger partial charge is 0.491 e. The monoisotopic (exact) mass is 287 g/mol. The first-order valence-corrected chi connectivity index (χ1v) is 6.91. The minimum absolute atomic E-state index is 0.0193. The van der Waals surface area contributed by atoms with E-state index in [0.717, 1.165) is 12.0 Å². The number of benzene rings is 2. The molecule has 0 fully saturated rings. The van der Waals surface area contributed by atoms with E-state index in [1.807, 2.05) is 13.0 Å². The summed E-state index contributed by atoms with van der Waals surface area (Å²) in [5.41, 5.74) is 1.33. The Morgan fingerprint density at radius 2 is 2.00 bits per heavy atom. The van der Waals surface area contributed by atoms with Gasteiger partial charge in [0.05, 0.1) is 17.9 Å². The van der Waals surface area contributed by atoms with Crippen LogP contribution in [0.15, 0.2) is 42.5 Å². The first kappa shape index (κ1) is 15.0. The van der Waals surface area contributed by atoms with E-state index in [-0.39, 0.29) is 5.56 Å². The molecule has 3 nitrogen and oxygen atoms in total. The van der Waals surface area contributed by atoms with Crippen LogP contribution in [0.1, 0.15) is 29.3 Å². The van der Waals surface area contributed by atoms with Crippen LogP contribution >= 0.6 is 0 Å². The maximum Gasteiger partial charge on any atom is 0.258 e. The van der Waals surface area contributed by atoms with Crippen LogP contribution in [0.4, 0.5) is 10.1 Å². The molecule has 0 aliphatic heterocycles. The minimum Gasteiger partial charge on any atom is -0.491 e. The molecule has 0 bridgehead atoms. The Morgan fingerprint density at radius 1 is 1.24 bits per heavy atom. The number of nitrogens with one attached hydrogen (secondary N) is 1. The van der Waals surface area contributed by atoms with E-state index in [9.17, 15) is 9.18 Å². The fourth-order valence-corrected chi connectivity index (χ4v) is 1.90. The second-order valence-electron chi connectivity index (χ2n) is 4.78. The average Bonchev–Trinajstić information content (AvgIpc) is 2.46. The zero-order valence-electron chi connectivity index (χ0n) is 12.2. The molecule has 110 valence electrons. The maximum absolute atomic E-state index is 13.8. The van der Waals surface area contributed by atoms with Gasteiger partial charge in [0.2, 0.25) is 0 Å². The van der Waals surface area contributed by atoms with Gasteiger partial charge in [0.15, 0.2) is 0 Å². The lowest BCUT2D eigenvalue weighted by molar-refractivity contribution is 0.102. The summed E-state index contributed by atoms with van der Waals surface area (Å²) in [6.07, 6.45) is 0.870. The molecule has 0 aliphatic rings. The first-order valence-electron chi connectivity index (χ1n) is 6.91. The summed E-state index contributed by atoms with van der Waals surface area (Å²) in [5, 5.41) is 2.69. The maximum atomic E-state index is 13.8. The van der Waals surface area contributed by atoms with E-state index in [1.54, 1.807) is 31.2 Å². The lowest BCUT2D eigenvalue weighted by Crippen LogP contribution is -2.14. The van der Waals surface area contributed by atoms with E-state index in [0.29, 0.717) is 18.0 Å². The van der Waals surface area contributed by atoms with Crippen LogP contribution in [0.25, 0.3) is 0 Å². The predicted molar refractivity (Wildman–Crippen MR) is 81.3 cm³/mol. The lowest BCUT2D eigenvalue weighted by Gasteiger charge is -2.12. The molecule has 2 aromatic rings. The zero-order chi connectivity index (χ0) is 15.2. The van der Waals surface area contributed by atoms with Crippen molar-refractivity contribution in [1.82, 2.24) is 0 Å². The first-order chi connectivity index (χ1) is 10.1. The molecule has 1 amide bonds. The number of para-hydroxylation sites is 2. The van der Waals surface area contributed by atoms with Crippen molar-refractivity contribution in [3.8, 4) is 5.75 Å². The van der Waals surface area contributed by atoms with E-state index in [2.05, 4.69) is 5.32 Å². The van der Waals surface area contributed by atoms with Crippen LogP contribution in [0.5, 0.6) is 5.75 Å². The third-order valence-corrected chi connectivity index (χ3v) is 2.97. The SMILES string of the molecule is CCCOc1ccccc1NC(=O)c1ccc(C)cc1F. The van der Waals surface area contributed by atoms with Crippen molar-refractivity contribution in [2.75, 3.05) is 11.9 Å². The number of hydrogen-bond donors (Lipinski definition) is 1. The molecular weight excluding hydrogens is 269 g/mol. The molecule has 4 heteroatoms. The van der Waals surface area contributed by atoms with Gasteiger partial charge in [-0.25, -0.2) is 4.39 Å². The number of hydrogen-bond acceptors (Lipinski definition) is 2. The van der Waals surface area contributed by atoms with E-state index < -0.39 is 11.7 Å². The number of halogens is 1. The van der Waals surface area contributed by atoms with Gasteiger partial charge in [0.25, 0.3) is 5.91 Å². The van der Waals surface area contributed by atoms with Gasteiger partial charge >= 0.3 is 0 Å². The molecule has 0 aliphatic carbocycles. The summed E-state index contributed by atoms with van der Waals surface area (Å²) in [4.78, 5) is 12.2. The highest BCUT2D eigenvalue weighted by Gasteiger charge is 2.13. The number of anilines is 1. The van der Waals surface area contributed by atoms with Crippen LogP contribution in [0.3, 0.4) is 0 Å². The molecule has 0 spiro atoms. The molecule has 0 aromatic heterocycles. The molecular formula is C17H18FNO2. The number of aryl methyl sites for hydroxylation is 1. The summed E-state index contributed by atoms with van der Waals surface area (Å²) in [5.74, 6) is -0.431. The second-order valence-corrected chi connectivity index (χ2v) is 4.78. The summed E-state index contributed by atoms with van der Waals surface area (Å²) < 4.78 is 19.4. The topological polar surface area (TPSA) is 38.3 Å². The van der Waals surface area contributed by atoms with Gasteiger partial charge in [-0.3, -0.25) is 4.79 Å². The predicted octanol–water partition coefficient (Wildman–Crippen LogP) is 4.18. The third-order valence-electron chi connectivity index (χ3n) is 2.97. The van der Waals surface area contributed by atoms with Gasteiger partial charge < -0.3 is 10.1 Å². The van der Waals surface area contributed by atoms with E-state index in [4.69, 9.17) is 4.74 Å². The van der Waals surface area contributed by atoms with Crippen LogP contribution in [0.2, 0.25) is 0 Å². The number of carbonyl (C=O) groups is 1. The highest BCUT2D eigenvalue weighted by atomic mass is 19.1. The summed E-state index contributed by atoms with van der Waals surface area (Å²) in [7, 11) is 0. The molecule has 0 atom stereocenters. The highest BCUT2D eigenvalue weighted by molar-refractivity contribution is 6.05. The average molecular weight is 287 g/mol. The Kier molecular flexibility index (Phi) is 4.93. The van der Waals surface area contributed by atoms with Gasteiger partial charge in [-0.05, 0) is 43.2 Å². The van der Waals surface area contributed by atoms with Crippen molar-refractivity contribution < 1.29 is 13.9 Å². The Labute approximate surface area is 123 Å². The molecule has 2 aromatic carbocycles. The van der Waals surface area contributed by atoms with Gasteiger partial charge in [0, 0.05) is 0 Å². The van der Waals surface area contributed by atoms with Crippen LogP contribution in [0, 0.1) is 12.7 Å². The molecule has 0 unspecified atom stereocenters. The fraction of sp³-hybridized carbons (Fsp3) is 0.235. The molecule has 0 heterocycles. The number of rotatable bonds is 5. The van der Waals surface area contributed by atoms with Crippen molar-refractivity contribution in [2.24, 2.45) is 0 Å². The number of amides is 1. The molecule has 0 radical (unpaired) electrons. The van der Waals surface area contributed by atoms with Crippen LogP contribution in [-0.4, -0.2) is 12.5 Å². The summed E-state index contributed by atoms with van der Waals surface area (Å²) in [6.45, 7) is 4.34. The Bertz CT molecular complexity index is 640. The van der Waals surface area contributed by atoms with E-state index in [1.165, 1.54) is 12.1 Å². The third kappa shape index (κ3) is 3.81. The standard InChI is InChI=1S/C17H18FNO2/c1-3-10-21-16-7-5-4-6-15(16)19-17(20)13-9-8-12(2)11-14(13)18/h4-9,11H,3,10H2,1-2H3,(H,19,20). The molecule has 21 heavy (non-hydrogen) atoms. The smallest absolute Gasteiger partial charge is 0.258 e. The van der Waals surface area contributed by atoms with E-state index >= 15 is 0 Å². The van der Waals surface area contributed by atoms with Crippen molar-refractivity contribution in [2.45, 2.75) is 20.3 Å². The van der Waals surface area contributed by atoms with Crippen LogP contribution in [-0.2, 0) is 0 Å². The number of ether oxygens (including phenoxy) is 1. The van der Waals surface area contributed by atoms with Gasteiger partial charge in [0.1, 0.15) is 11.6 Å². The zero-order valence-corrected chi connectivity index (χ0v) is 12.2. The molecule has 1 N–H and O–H groups in total. The van der Waals surface area contributed by atoms with Crippen LogP contribution < -0.4 is 10.1 Å². The van der Waals surface area contributed by atoms with Gasteiger partial charge in [-0.1, -0.05) is 25.1 Å². The van der Waals surface area contributed by atoms with Crippen molar-refractivity contribution in [3.05, 3.63) is 59.4 Å². The summed E-state index contributed by atoms with van der Waals surface area (Å²) in [6, 6.07) is 11.7. The molecule has 0 saturated carbocycles. The van der Waals surface area contributed by atoms with Crippen molar-refractivity contribution in [3.63, 3.8) is 0 Å². The quantitative estimate of drug-likeness (QED) is 0.896. The Balaban J connectivity index is 2.19. The normalized spacial score (nSPS) is 10.2. The highest BCUT2D eigenvalue weighted by Crippen LogP contribution is 2.25. The minimum atomic E-state index is -0.528. The van der Waals surface area contributed by atoms with Crippen molar-refractivity contribution in [1.29, 1.82) is 0 Å². The molecule has 0 saturated heterocycles. The van der Waals surface area contributed by atoms with Gasteiger partial charge in [-0.15, -0.1) is 0 Å². The summed E-state index contributed by atoms with van der Waals surface area (Å²) >= 11 is 0. The Morgan fingerprint density at radius 3 is 2.71 bits per heavy atom. The fourth-order valence-electron chi connectivity index (χ4n) is 1.90. The van der Waals surface area contributed by atoms with Gasteiger partial charge in [-0.2, -0.15) is 0 Å². The van der Waals surface area contributed by atoms with Crippen molar-refractivity contribution >= 4 is 11.6 Å². The lowest BCUT2D eigenvalue weighted by atomic mass is 10.1. The molecule has 2 rings (SSSR count). The number of carbonyl (C=O) groups excluding carboxylic acids is 1. The second kappa shape index (κ2) is 6.88.